The van der Waals surface area contributed by atoms with Crippen molar-refractivity contribution < 1.29 is 14.6 Å². The fourth-order valence-electron chi connectivity index (χ4n) is 2.67. The number of hydrogen-bond donors (Lipinski definition) is 1. The summed E-state index contributed by atoms with van der Waals surface area (Å²) >= 11 is 0. The van der Waals surface area contributed by atoms with E-state index < -0.39 is 6.10 Å². The van der Waals surface area contributed by atoms with Gasteiger partial charge in [-0.05, 0) is 49.5 Å². The fraction of sp³-hybridized carbons (Fsp3) is 0.647. The topological polar surface area (TPSA) is 41.9 Å². The van der Waals surface area contributed by atoms with Gasteiger partial charge in [0.2, 0.25) is 0 Å². The molecule has 1 aliphatic rings. The van der Waals surface area contributed by atoms with Crippen LogP contribution in [0.2, 0.25) is 0 Å². The van der Waals surface area contributed by atoms with Crippen LogP contribution >= 0.6 is 0 Å². The third-order valence-electron chi connectivity index (χ3n) is 4.06. The van der Waals surface area contributed by atoms with Crippen molar-refractivity contribution in [1.82, 2.24) is 4.90 Å². The van der Waals surface area contributed by atoms with Crippen molar-refractivity contribution >= 4 is 0 Å². The van der Waals surface area contributed by atoms with E-state index in [0.29, 0.717) is 19.8 Å². The Morgan fingerprint density at radius 1 is 1.33 bits per heavy atom. The molecule has 1 atom stereocenters. The molecule has 1 N–H and O–H groups in total. The lowest BCUT2D eigenvalue weighted by atomic mass is 9.99. The minimum absolute atomic E-state index is 0.378. The number of hydrogen-bond acceptors (Lipinski definition) is 4. The molecule has 0 bridgehead atoms. The highest BCUT2D eigenvalue weighted by molar-refractivity contribution is 5.27. The first kappa shape index (κ1) is 16.3. The van der Waals surface area contributed by atoms with E-state index in [9.17, 15) is 5.11 Å². The zero-order chi connectivity index (χ0) is 15.1. The van der Waals surface area contributed by atoms with Crippen LogP contribution in [0.1, 0.15) is 25.3 Å². The molecule has 1 unspecified atom stereocenters. The standard InChI is InChI=1S/C17H27NO3/c1-14-6-8-18(9-7-14)11-16(19)13-21-12-15-4-3-5-17(10-15)20-2/h3-5,10,14,16,19H,6-9,11-13H2,1-2H3. The zero-order valence-electron chi connectivity index (χ0n) is 13.1. The molecule has 0 saturated carbocycles. The molecule has 1 aromatic rings. The normalized spacial score (nSPS) is 18.6. The molecule has 0 aromatic heterocycles. The first-order chi connectivity index (χ1) is 10.2. The number of methoxy groups -OCH3 is 1. The van der Waals surface area contributed by atoms with E-state index in [2.05, 4.69) is 11.8 Å². The van der Waals surface area contributed by atoms with Gasteiger partial charge in [0.25, 0.3) is 0 Å². The molecule has 118 valence electrons. The quantitative estimate of drug-likeness (QED) is 0.837. The molecule has 1 aromatic carbocycles. The van der Waals surface area contributed by atoms with Gasteiger partial charge >= 0.3 is 0 Å². The Balaban J connectivity index is 1.65. The minimum Gasteiger partial charge on any atom is -0.497 e. The highest BCUT2D eigenvalue weighted by Crippen LogP contribution is 2.16. The average molecular weight is 293 g/mol. The molecule has 21 heavy (non-hydrogen) atoms. The molecule has 1 fully saturated rings. The molecule has 1 saturated heterocycles. The van der Waals surface area contributed by atoms with Crippen LogP contribution in [0, 0.1) is 5.92 Å². The van der Waals surface area contributed by atoms with Gasteiger partial charge in [-0.1, -0.05) is 19.1 Å². The van der Waals surface area contributed by atoms with Crippen LogP contribution in [-0.4, -0.2) is 49.5 Å². The van der Waals surface area contributed by atoms with Gasteiger partial charge in [-0.15, -0.1) is 0 Å². The lowest BCUT2D eigenvalue weighted by Crippen LogP contribution is -2.39. The third kappa shape index (κ3) is 5.65. The number of aliphatic hydroxyl groups is 1. The molecule has 0 spiro atoms. The summed E-state index contributed by atoms with van der Waals surface area (Å²) in [6.07, 6.45) is 2.05. The molecule has 4 nitrogen and oxygen atoms in total. The summed E-state index contributed by atoms with van der Waals surface area (Å²) in [5.41, 5.74) is 1.06. The minimum atomic E-state index is -0.413. The van der Waals surface area contributed by atoms with Crippen molar-refractivity contribution in [2.75, 3.05) is 33.4 Å². The van der Waals surface area contributed by atoms with Crippen molar-refractivity contribution in [1.29, 1.82) is 0 Å². The Morgan fingerprint density at radius 3 is 2.81 bits per heavy atom. The summed E-state index contributed by atoms with van der Waals surface area (Å²) in [6.45, 7) is 6.08. The van der Waals surface area contributed by atoms with Crippen LogP contribution in [0.15, 0.2) is 24.3 Å². The first-order valence-electron chi connectivity index (χ1n) is 7.78. The van der Waals surface area contributed by atoms with E-state index >= 15 is 0 Å². The molecular formula is C17H27NO3. The van der Waals surface area contributed by atoms with Crippen LogP contribution in [0.4, 0.5) is 0 Å². The summed E-state index contributed by atoms with van der Waals surface area (Å²) in [6, 6.07) is 7.82. The summed E-state index contributed by atoms with van der Waals surface area (Å²) in [7, 11) is 1.66. The Kier molecular flexibility index (Phi) is 6.49. The van der Waals surface area contributed by atoms with Crippen LogP contribution in [0.3, 0.4) is 0 Å². The number of rotatable bonds is 7. The predicted octanol–water partition coefficient (Wildman–Crippen LogP) is 2.30. The van der Waals surface area contributed by atoms with Gasteiger partial charge in [-0.2, -0.15) is 0 Å². The van der Waals surface area contributed by atoms with Gasteiger partial charge in [-0.3, -0.25) is 0 Å². The SMILES string of the molecule is COc1cccc(COCC(O)CN2CCC(C)CC2)c1. The highest BCUT2D eigenvalue weighted by Gasteiger charge is 2.18. The predicted molar refractivity (Wildman–Crippen MR) is 83.5 cm³/mol. The van der Waals surface area contributed by atoms with Crippen molar-refractivity contribution in [2.24, 2.45) is 5.92 Å². The molecule has 2 rings (SSSR count). The molecule has 0 amide bonds. The van der Waals surface area contributed by atoms with Gasteiger partial charge in [0.15, 0.2) is 0 Å². The number of β-amino-alcohol motifs (C(OH)–C–C–N with tert-alkyl or cyclic N) is 1. The third-order valence-corrected chi connectivity index (χ3v) is 4.06. The van der Waals surface area contributed by atoms with Gasteiger partial charge in [0, 0.05) is 6.54 Å². The number of benzene rings is 1. The van der Waals surface area contributed by atoms with Crippen molar-refractivity contribution in [3.05, 3.63) is 29.8 Å². The van der Waals surface area contributed by atoms with E-state index in [1.165, 1.54) is 12.8 Å². The van der Waals surface area contributed by atoms with E-state index in [-0.39, 0.29) is 0 Å². The lowest BCUT2D eigenvalue weighted by molar-refractivity contribution is 0.00493. The number of nitrogens with zero attached hydrogens (tertiary/aromatic N) is 1. The largest absolute Gasteiger partial charge is 0.497 e. The second kappa shape index (κ2) is 8.37. The molecule has 0 aliphatic carbocycles. The monoisotopic (exact) mass is 293 g/mol. The maximum atomic E-state index is 10.1. The van der Waals surface area contributed by atoms with Crippen molar-refractivity contribution in [2.45, 2.75) is 32.5 Å². The highest BCUT2D eigenvalue weighted by atomic mass is 16.5. The van der Waals surface area contributed by atoms with Crippen LogP contribution in [0.25, 0.3) is 0 Å². The fourth-order valence-corrected chi connectivity index (χ4v) is 2.67. The zero-order valence-corrected chi connectivity index (χ0v) is 13.1. The van der Waals surface area contributed by atoms with Gasteiger partial charge < -0.3 is 19.5 Å². The summed E-state index contributed by atoms with van der Waals surface area (Å²) in [5.74, 6) is 1.65. The number of aliphatic hydroxyl groups excluding tert-OH is 1. The molecular weight excluding hydrogens is 266 g/mol. The molecule has 4 heteroatoms. The number of ether oxygens (including phenoxy) is 2. The van der Waals surface area contributed by atoms with E-state index in [4.69, 9.17) is 9.47 Å². The van der Waals surface area contributed by atoms with Crippen LogP contribution in [0.5, 0.6) is 5.75 Å². The summed E-state index contributed by atoms with van der Waals surface area (Å²) in [5, 5.41) is 10.1. The molecule has 0 radical (unpaired) electrons. The summed E-state index contributed by atoms with van der Waals surface area (Å²) in [4.78, 5) is 2.33. The van der Waals surface area contributed by atoms with Gasteiger partial charge in [-0.25, -0.2) is 0 Å². The molecule has 1 aliphatic heterocycles. The second-order valence-corrected chi connectivity index (χ2v) is 6.00. The number of piperidine rings is 1. The van der Waals surface area contributed by atoms with Gasteiger partial charge in [0.1, 0.15) is 5.75 Å². The van der Waals surface area contributed by atoms with Crippen molar-refractivity contribution in [3.63, 3.8) is 0 Å². The smallest absolute Gasteiger partial charge is 0.119 e. The average Bonchev–Trinajstić information content (AvgIpc) is 2.50. The van der Waals surface area contributed by atoms with Crippen LogP contribution in [-0.2, 0) is 11.3 Å². The van der Waals surface area contributed by atoms with E-state index in [1.54, 1.807) is 7.11 Å². The Hall–Kier alpha value is -1.10. The van der Waals surface area contributed by atoms with Crippen LogP contribution < -0.4 is 4.74 Å². The van der Waals surface area contributed by atoms with E-state index in [0.717, 1.165) is 30.3 Å². The Labute approximate surface area is 127 Å². The Morgan fingerprint density at radius 2 is 2.10 bits per heavy atom. The Bertz CT molecular complexity index is 416. The summed E-state index contributed by atoms with van der Waals surface area (Å²) < 4.78 is 10.8. The number of likely N-dealkylation sites (tertiary alicyclic amines) is 1. The second-order valence-electron chi connectivity index (χ2n) is 6.00. The maximum absolute atomic E-state index is 10.1. The maximum Gasteiger partial charge on any atom is 0.119 e. The first-order valence-corrected chi connectivity index (χ1v) is 7.78. The molecule has 1 heterocycles. The van der Waals surface area contributed by atoms with E-state index in [1.807, 2.05) is 24.3 Å². The van der Waals surface area contributed by atoms with Crippen molar-refractivity contribution in [3.8, 4) is 5.75 Å². The lowest BCUT2D eigenvalue weighted by Gasteiger charge is -2.31. The van der Waals surface area contributed by atoms with Gasteiger partial charge in [0.05, 0.1) is 26.4 Å².